The molecule has 0 saturated carbocycles. The lowest BCUT2D eigenvalue weighted by Gasteiger charge is -2.32. The molecule has 23 nitrogen and oxygen atoms in total. The quantitative estimate of drug-likeness (QED) is 0.0636. The van der Waals surface area contributed by atoms with Crippen molar-refractivity contribution in [3.05, 3.63) is 83.9 Å². The van der Waals surface area contributed by atoms with Gasteiger partial charge in [0, 0.05) is 63.1 Å². The molecule has 0 spiro atoms. The van der Waals surface area contributed by atoms with Gasteiger partial charge in [-0.2, -0.15) is 0 Å². The van der Waals surface area contributed by atoms with Gasteiger partial charge >= 0.3 is 0 Å². The smallest absolute Gasteiger partial charge is 0.251 e. The second-order valence-corrected chi connectivity index (χ2v) is 20.9. The van der Waals surface area contributed by atoms with Crippen LogP contribution in [0.2, 0.25) is 0 Å². The predicted octanol–water partition coefficient (Wildman–Crippen LogP) is -1.07. The highest BCUT2D eigenvalue weighted by molar-refractivity contribution is 6.00. The number of aliphatic hydroxyl groups is 5. The number of phenols is 1. The molecule has 7 amide bonds. The second kappa shape index (κ2) is 29.5. The van der Waals surface area contributed by atoms with Crippen LogP contribution in [0.4, 0.5) is 0 Å². The second-order valence-electron chi connectivity index (χ2n) is 20.9. The van der Waals surface area contributed by atoms with Crippen molar-refractivity contribution in [1.82, 2.24) is 41.7 Å². The number of rotatable bonds is 19. The van der Waals surface area contributed by atoms with Crippen molar-refractivity contribution in [3.8, 4) is 22.6 Å². The third-order valence-corrected chi connectivity index (χ3v) is 14.7. The zero-order chi connectivity index (χ0) is 57.3. The van der Waals surface area contributed by atoms with E-state index in [0.717, 1.165) is 39.5 Å². The zero-order valence-electron chi connectivity index (χ0n) is 45.1. The number of benzene rings is 3. The largest absolute Gasteiger partial charge is 0.508 e. The number of hydrogen-bond donors (Lipinski definition) is 13. The Morgan fingerprint density at radius 1 is 0.772 bits per heavy atom. The van der Waals surface area contributed by atoms with E-state index in [9.17, 15) is 64.2 Å². The van der Waals surface area contributed by atoms with Crippen LogP contribution in [-0.4, -0.2) is 194 Å². The number of phenolic OH excluding ortho intramolecular Hbond substituents is 1. The molecule has 3 heterocycles. The first kappa shape index (κ1) is 61.5. The van der Waals surface area contributed by atoms with Crippen LogP contribution in [0.25, 0.3) is 11.1 Å². The highest BCUT2D eigenvalue weighted by Gasteiger charge is 2.48. The molecule has 0 aliphatic carbocycles. The predicted molar refractivity (Wildman–Crippen MR) is 290 cm³/mol. The lowest BCUT2D eigenvalue weighted by Crippen LogP contribution is -2.63. The summed E-state index contributed by atoms with van der Waals surface area (Å²) >= 11 is 0. The monoisotopic (exact) mass is 1100 g/mol. The summed E-state index contributed by atoms with van der Waals surface area (Å²) in [4.78, 5) is 102. The normalized spacial score (nSPS) is 26.4. The molecule has 432 valence electrons. The molecule has 3 fully saturated rings. The number of carbonyl (C=O) groups excluding carboxylic acids is 7. The first-order valence-electron chi connectivity index (χ1n) is 27.3. The third kappa shape index (κ3) is 16.7. The van der Waals surface area contributed by atoms with Crippen LogP contribution < -0.4 is 42.4 Å². The maximum atomic E-state index is 14.6. The van der Waals surface area contributed by atoms with Gasteiger partial charge in [0.25, 0.3) is 5.91 Å². The molecule has 0 aromatic heterocycles. The molecular weight excluding hydrogens is 1020 g/mol. The lowest BCUT2D eigenvalue weighted by atomic mass is 10.00. The Morgan fingerprint density at radius 2 is 1.42 bits per heavy atom. The van der Waals surface area contributed by atoms with Crippen LogP contribution in [0.5, 0.6) is 11.5 Å². The summed E-state index contributed by atoms with van der Waals surface area (Å²) in [5.74, 6) is -6.84. The van der Waals surface area contributed by atoms with Crippen LogP contribution in [0.3, 0.4) is 0 Å². The summed E-state index contributed by atoms with van der Waals surface area (Å²) in [5, 5.41) is 81.4. The van der Waals surface area contributed by atoms with Crippen molar-refractivity contribution in [2.45, 2.75) is 145 Å². The Labute approximate surface area is 460 Å². The Balaban J connectivity index is 1.30. The number of amides is 7. The van der Waals surface area contributed by atoms with Gasteiger partial charge in [0.05, 0.1) is 37.6 Å². The molecule has 23 heteroatoms. The molecule has 3 aliphatic rings. The fraction of sp³-hybridized carbons (Fsp3) is 0.554. The molecule has 3 aromatic rings. The van der Waals surface area contributed by atoms with Crippen molar-refractivity contribution >= 4 is 41.4 Å². The maximum Gasteiger partial charge on any atom is 0.251 e. The highest BCUT2D eigenvalue weighted by atomic mass is 16.5. The van der Waals surface area contributed by atoms with Crippen molar-refractivity contribution in [3.63, 3.8) is 0 Å². The maximum absolute atomic E-state index is 14.6. The van der Waals surface area contributed by atoms with Gasteiger partial charge in [-0.05, 0) is 72.9 Å². The Bertz CT molecular complexity index is 2520. The number of aromatic hydroxyl groups is 1. The van der Waals surface area contributed by atoms with E-state index >= 15 is 0 Å². The minimum atomic E-state index is -1.91. The molecule has 0 unspecified atom stereocenters. The Hall–Kier alpha value is -6.73. The number of nitrogens with two attached hydrogens (primary N) is 1. The van der Waals surface area contributed by atoms with E-state index in [1.54, 1.807) is 31.2 Å². The number of nitrogens with one attached hydrogen (secondary N) is 6. The zero-order valence-corrected chi connectivity index (χ0v) is 45.1. The van der Waals surface area contributed by atoms with E-state index in [4.69, 9.17) is 10.5 Å². The van der Waals surface area contributed by atoms with Gasteiger partial charge in [-0.1, -0.05) is 82.3 Å². The van der Waals surface area contributed by atoms with E-state index in [0.29, 0.717) is 12.2 Å². The van der Waals surface area contributed by atoms with Gasteiger partial charge < -0.3 is 82.8 Å². The third-order valence-electron chi connectivity index (χ3n) is 14.7. The molecule has 12 atom stereocenters. The first-order valence-corrected chi connectivity index (χ1v) is 27.3. The number of unbranched alkanes of at least 4 members (excludes halogenated alkanes) is 5. The molecule has 0 bridgehead atoms. The first-order chi connectivity index (χ1) is 37.8. The fourth-order valence-electron chi connectivity index (χ4n) is 10.1. The summed E-state index contributed by atoms with van der Waals surface area (Å²) in [5.41, 5.74) is 8.06. The Morgan fingerprint density at radius 3 is 2.06 bits per heavy atom. The molecule has 6 rings (SSSR count). The van der Waals surface area contributed by atoms with E-state index in [2.05, 4.69) is 38.8 Å². The SMILES string of the molecule is CCCCCCCCOc1ccc(-c2ccc(C(=O)N[C@H]3C[C@@H](NCCN)CNC(=O)[C@@H]4[C@@H](O)[C@@H](C)CN4C(=O)[C@H](CO)NC(=O)[C@H]([C@H](O)Cc4ccc(O)cc4)NC(=O)[C@@H]4C[C@@H](O)CN4C(=O)[C@H]([C@@H](C)O)NC3=O)cc2)cc1. The van der Waals surface area contributed by atoms with Crippen molar-refractivity contribution in [1.29, 1.82) is 0 Å². The lowest BCUT2D eigenvalue weighted by molar-refractivity contribution is -0.146. The molecule has 3 aromatic carbocycles. The molecule has 14 N–H and O–H groups in total. The van der Waals surface area contributed by atoms with E-state index in [-0.39, 0.29) is 56.8 Å². The molecule has 0 radical (unpaired) electrons. The van der Waals surface area contributed by atoms with E-state index < -0.39 is 127 Å². The summed E-state index contributed by atoms with van der Waals surface area (Å²) in [6.07, 6.45) is -0.254. The number of nitrogens with zero attached hydrogens (tertiary/aromatic N) is 2. The number of hydrogen-bond acceptors (Lipinski definition) is 16. The summed E-state index contributed by atoms with van der Waals surface area (Å²) in [6, 6.07) is 8.73. The molecule has 3 saturated heterocycles. The van der Waals surface area contributed by atoms with Crippen LogP contribution in [0, 0.1) is 5.92 Å². The van der Waals surface area contributed by atoms with Crippen molar-refractivity contribution in [2.24, 2.45) is 11.7 Å². The van der Waals surface area contributed by atoms with Crippen molar-refractivity contribution in [2.75, 3.05) is 45.9 Å². The van der Waals surface area contributed by atoms with Gasteiger partial charge in [0.15, 0.2) is 0 Å². The van der Waals surface area contributed by atoms with Gasteiger partial charge in [0.2, 0.25) is 35.4 Å². The standard InChI is InChI=1S/C56H79N9O14/c1-4-5-6-7-8-9-24-79-41-20-16-36(17-21-41)35-12-14-37(15-13-35)50(72)60-42-26-38(58-23-22-57)28-59-54(76)48-49(71)32(2)29-65(48)55(77)43(31-66)61-53(75)47(45(70)25-34-10-18-39(68)19-11-34)63-52(74)44-27-40(69)30-64(44)56(78)46(33(3)67)62-51(42)73/h10-21,32-33,38,40,42-49,58,66-71H,4-9,22-31,57H2,1-3H3,(H,59,76)(H,60,72)(H,61,75)(H,62,73)(H,63,74)/t32-,33+,38+,40+,42-,43-,44-,45+,46-,47-,48-,49-/m0/s1. The number of ether oxygens (including phenoxy) is 1. The summed E-state index contributed by atoms with van der Waals surface area (Å²) in [7, 11) is 0. The average Bonchev–Trinajstić information content (AvgIpc) is 4.03. The number of aliphatic hydroxyl groups excluding tert-OH is 5. The Kier molecular flexibility index (Phi) is 22.9. The van der Waals surface area contributed by atoms with Gasteiger partial charge in [-0.3, -0.25) is 33.6 Å². The molecular formula is C56H79N9O14. The fourth-order valence-corrected chi connectivity index (χ4v) is 10.1. The van der Waals surface area contributed by atoms with Gasteiger partial charge in [0.1, 0.15) is 47.8 Å². The van der Waals surface area contributed by atoms with Gasteiger partial charge in [-0.15, -0.1) is 0 Å². The van der Waals surface area contributed by atoms with Gasteiger partial charge in [-0.25, -0.2) is 0 Å². The van der Waals surface area contributed by atoms with Crippen molar-refractivity contribution < 1.29 is 68.9 Å². The topological polar surface area (TPSA) is 355 Å². The molecule has 79 heavy (non-hydrogen) atoms. The highest BCUT2D eigenvalue weighted by Crippen LogP contribution is 2.27. The van der Waals surface area contributed by atoms with Crippen LogP contribution >= 0.6 is 0 Å². The summed E-state index contributed by atoms with van der Waals surface area (Å²) in [6.45, 7) is 3.85. The van der Waals surface area contributed by atoms with Crippen LogP contribution in [0.1, 0.15) is 88.1 Å². The van der Waals surface area contributed by atoms with Crippen LogP contribution in [0.15, 0.2) is 72.8 Å². The number of carbonyl (C=O) groups is 7. The minimum Gasteiger partial charge on any atom is -0.508 e. The average molecular weight is 1100 g/mol. The van der Waals surface area contributed by atoms with Crippen LogP contribution in [-0.2, 0) is 35.2 Å². The summed E-state index contributed by atoms with van der Waals surface area (Å²) < 4.78 is 5.94. The van der Waals surface area contributed by atoms with E-state index in [1.165, 1.54) is 56.9 Å². The number of fused-ring (bicyclic) bond motifs is 2. The molecule has 3 aliphatic heterocycles. The van der Waals surface area contributed by atoms with E-state index in [1.807, 2.05) is 24.3 Å². The minimum absolute atomic E-state index is 0.0914.